The van der Waals surface area contributed by atoms with Crippen molar-refractivity contribution in [1.82, 2.24) is 0 Å². The van der Waals surface area contributed by atoms with Crippen LogP contribution in [0.4, 0.5) is 0 Å². The largest absolute Gasteiger partial charge is 0.394 e. The van der Waals surface area contributed by atoms with Crippen LogP contribution in [0.3, 0.4) is 0 Å². The Bertz CT molecular complexity index is 98.2. The molecule has 0 radical (unpaired) electrons. The lowest BCUT2D eigenvalue weighted by molar-refractivity contribution is -0.00394. The van der Waals surface area contributed by atoms with Crippen LogP contribution in [0.5, 0.6) is 0 Å². The molecule has 1 rings (SSSR count). The molecule has 9 heavy (non-hydrogen) atoms. The smallest absolute Gasteiger partial charge is 0.134 e. The maximum absolute atomic E-state index is 8.99. The fraction of sp³-hybridized carbons (Fsp3) is 1.00. The topological polar surface area (TPSA) is 49.7 Å². The van der Waals surface area contributed by atoms with E-state index in [2.05, 4.69) is 0 Å². The SMILES string of the molecule is OC[C@H]1O[C@H](Cl)C[C@@H]1O. The minimum Gasteiger partial charge on any atom is -0.394 e. The van der Waals surface area contributed by atoms with E-state index in [1.807, 2.05) is 0 Å². The first-order chi connectivity index (χ1) is 4.24. The Morgan fingerprint density at radius 1 is 1.67 bits per heavy atom. The van der Waals surface area contributed by atoms with Crippen molar-refractivity contribution in [3.63, 3.8) is 0 Å². The van der Waals surface area contributed by atoms with E-state index in [9.17, 15) is 0 Å². The molecule has 0 amide bonds. The summed E-state index contributed by atoms with van der Waals surface area (Å²) in [6.07, 6.45) is -0.669. The summed E-state index contributed by atoms with van der Waals surface area (Å²) < 4.78 is 4.89. The van der Waals surface area contributed by atoms with Crippen molar-refractivity contribution >= 4 is 11.6 Å². The predicted octanol–water partition coefficient (Wildman–Crippen LogP) is -0.307. The first-order valence-electron chi connectivity index (χ1n) is 2.82. The second kappa shape index (κ2) is 2.84. The van der Waals surface area contributed by atoms with Crippen molar-refractivity contribution in [3.05, 3.63) is 0 Å². The number of ether oxygens (including phenoxy) is 1. The lowest BCUT2D eigenvalue weighted by Gasteiger charge is -2.08. The zero-order chi connectivity index (χ0) is 6.85. The summed E-state index contributed by atoms with van der Waals surface area (Å²) in [7, 11) is 0. The van der Waals surface area contributed by atoms with Crippen LogP contribution in [0, 0.1) is 0 Å². The first kappa shape index (κ1) is 7.28. The molecule has 1 aliphatic rings. The highest BCUT2D eigenvalue weighted by atomic mass is 35.5. The molecule has 3 nitrogen and oxygen atoms in total. The summed E-state index contributed by atoms with van der Waals surface area (Å²) in [5.74, 6) is 0. The van der Waals surface area contributed by atoms with Crippen molar-refractivity contribution < 1.29 is 14.9 Å². The summed E-state index contributed by atoms with van der Waals surface area (Å²) >= 11 is 5.49. The number of hydrogen-bond donors (Lipinski definition) is 2. The second-order valence-corrected chi connectivity index (χ2v) is 2.56. The van der Waals surface area contributed by atoms with Gasteiger partial charge in [-0.1, -0.05) is 11.6 Å². The van der Waals surface area contributed by atoms with Gasteiger partial charge in [-0.25, -0.2) is 0 Å². The Hall–Kier alpha value is 0.170. The molecule has 0 aromatic heterocycles. The Morgan fingerprint density at radius 3 is 2.56 bits per heavy atom. The van der Waals surface area contributed by atoms with Crippen LogP contribution in [0.25, 0.3) is 0 Å². The van der Waals surface area contributed by atoms with Crippen LogP contribution in [-0.4, -0.2) is 34.6 Å². The average molecular weight is 153 g/mol. The highest BCUT2D eigenvalue weighted by molar-refractivity contribution is 6.19. The molecule has 4 heteroatoms. The highest BCUT2D eigenvalue weighted by Crippen LogP contribution is 2.22. The summed E-state index contributed by atoms with van der Waals surface area (Å²) in [6, 6.07) is 0. The third-order valence-electron chi connectivity index (χ3n) is 1.36. The number of rotatable bonds is 1. The molecule has 0 aromatic rings. The molecule has 1 aliphatic heterocycles. The number of halogens is 1. The predicted molar refractivity (Wildman–Crippen MR) is 32.2 cm³/mol. The molecular weight excluding hydrogens is 144 g/mol. The molecule has 1 heterocycles. The van der Waals surface area contributed by atoms with E-state index in [-0.39, 0.29) is 6.61 Å². The standard InChI is InChI=1S/C5H9ClO3/c6-5-1-3(8)4(2-7)9-5/h3-5,7-8H,1-2H2/t3-,4+,5-/m0/s1. The molecule has 1 saturated heterocycles. The number of aliphatic hydroxyl groups excluding tert-OH is 2. The van der Waals surface area contributed by atoms with E-state index >= 15 is 0 Å². The Balaban J connectivity index is 2.38. The molecule has 0 saturated carbocycles. The van der Waals surface area contributed by atoms with Gasteiger partial charge < -0.3 is 14.9 Å². The van der Waals surface area contributed by atoms with Gasteiger partial charge in [0.2, 0.25) is 0 Å². The fourth-order valence-electron chi connectivity index (χ4n) is 0.842. The zero-order valence-corrected chi connectivity index (χ0v) is 5.58. The van der Waals surface area contributed by atoms with E-state index in [0.717, 1.165) is 0 Å². The van der Waals surface area contributed by atoms with Gasteiger partial charge in [0, 0.05) is 6.42 Å². The Kier molecular flexibility index (Phi) is 2.29. The van der Waals surface area contributed by atoms with Crippen molar-refractivity contribution in [1.29, 1.82) is 0 Å². The Morgan fingerprint density at radius 2 is 2.33 bits per heavy atom. The van der Waals surface area contributed by atoms with Crippen LogP contribution in [0.2, 0.25) is 0 Å². The van der Waals surface area contributed by atoms with Gasteiger partial charge in [0.15, 0.2) is 0 Å². The lowest BCUT2D eigenvalue weighted by atomic mass is 10.2. The van der Waals surface area contributed by atoms with Crippen molar-refractivity contribution in [3.8, 4) is 0 Å². The van der Waals surface area contributed by atoms with Crippen LogP contribution in [0.15, 0.2) is 0 Å². The molecule has 0 unspecified atom stereocenters. The monoisotopic (exact) mass is 152 g/mol. The van der Waals surface area contributed by atoms with Crippen molar-refractivity contribution in [2.45, 2.75) is 24.2 Å². The summed E-state index contributed by atoms with van der Waals surface area (Å²) in [5.41, 5.74) is -0.433. The summed E-state index contributed by atoms with van der Waals surface area (Å²) in [6.45, 7) is -0.162. The van der Waals surface area contributed by atoms with E-state index < -0.39 is 17.8 Å². The van der Waals surface area contributed by atoms with Gasteiger partial charge in [0.25, 0.3) is 0 Å². The van der Waals surface area contributed by atoms with E-state index in [1.54, 1.807) is 0 Å². The molecule has 2 N–H and O–H groups in total. The maximum atomic E-state index is 8.99. The van der Waals surface area contributed by atoms with Gasteiger partial charge in [-0.3, -0.25) is 0 Å². The van der Waals surface area contributed by atoms with Gasteiger partial charge in [0.05, 0.1) is 12.7 Å². The minimum absolute atomic E-state index is 0.162. The summed E-state index contributed by atoms with van der Waals surface area (Å²) in [4.78, 5) is 0. The zero-order valence-electron chi connectivity index (χ0n) is 4.83. The average Bonchev–Trinajstić information content (AvgIpc) is 2.10. The molecule has 0 spiro atoms. The molecular formula is C5H9ClO3. The third-order valence-corrected chi connectivity index (χ3v) is 1.64. The van der Waals surface area contributed by atoms with Crippen LogP contribution < -0.4 is 0 Å². The van der Waals surface area contributed by atoms with Crippen LogP contribution in [-0.2, 0) is 4.74 Å². The molecule has 1 fully saturated rings. The van der Waals surface area contributed by atoms with Gasteiger partial charge in [-0.15, -0.1) is 0 Å². The molecule has 3 atom stereocenters. The number of hydrogen-bond acceptors (Lipinski definition) is 3. The number of aliphatic hydroxyl groups is 2. The normalized spacial score (nSPS) is 43.7. The quantitative estimate of drug-likeness (QED) is 0.507. The number of alkyl halides is 1. The molecule has 54 valence electrons. The second-order valence-electron chi connectivity index (χ2n) is 2.07. The third kappa shape index (κ3) is 1.55. The molecule has 0 aromatic carbocycles. The first-order valence-corrected chi connectivity index (χ1v) is 3.26. The maximum Gasteiger partial charge on any atom is 0.134 e. The van der Waals surface area contributed by atoms with E-state index in [1.165, 1.54) is 0 Å². The minimum atomic E-state index is -0.600. The van der Waals surface area contributed by atoms with Crippen LogP contribution in [0.1, 0.15) is 6.42 Å². The molecule has 0 aliphatic carbocycles. The fourth-order valence-corrected chi connectivity index (χ4v) is 1.16. The van der Waals surface area contributed by atoms with Crippen LogP contribution >= 0.6 is 11.6 Å². The van der Waals surface area contributed by atoms with Gasteiger partial charge in [-0.05, 0) is 0 Å². The van der Waals surface area contributed by atoms with E-state index in [0.29, 0.717) is 6.42 Å². The van der Waals surface area contributed by atoms with Gasteiger partial charge in [0.1, 0.15) is 11.7 Å². The van der Waals surface area contributed by atoms with Gasteiger partial charge >= 0.3 is 0 Å². The highest BCUT2D eigenvalue weighted by Gasteiger charge is 2.31. The van der Waals surface area contributed by atoms with Gasteiger partial charge in [-0.2, -0.15) is 0 Å². The molecule has 0 bridgehead atoms. The lowest BCUT2D eigenvalue weighted by Crippen LogP contribution is -2.24. The van der Waals surface area contributed by atoms with Crippen molar-refractivity contribution in [2.24, 2.45) is 0 Å². The Labute approximate surface area is 58.2 Å². The van der Waals surface area contributed by atoms with Crippen molar-refractivity contribution in [2.75, 3.05) is 6.61 Å². The summed E-state index contributed by atoms with van der Waals surface area (Å²) in [5, 5.41) is 17.5. The van der Waals surface area contributed by atoms with E-state index in [4.69, 9.17) is 26.6 Å².